The monoisotopic (exact) mass is 280 g/mol. The highest BCUT2D eigenvalue weighted by atomic mass is 16.5. The summed E-state index contributed by atoms with van der Waals surface area (Å²) in [5.74, 6) is 0.627. The number of hydrogen-bond donors (Lipinski definition) is 0. The number of benzene rings is 1. The van der Waals surface area contributed by atoms with Gasteiger partial charge in [0.2, 0.25) is 0 Å². The third kappa shape index (κ3) is 1.47. The van der Waals surface area contributed by atoms with E-state index in [4.69, 9.17) is 17.7 Å². The number of piperidine rings is 3. The molecule has 1 aromatic heterocycles. The Balaban J connectivity index is 1.61. The quantitative estimate of drug-likeness (QED) is 0.688. The van der Waals surface area contributed by atoms with Crippen molar-refractivity contribution in [3.63, 3.8) is 0 Å². The fraction of sp³-hybridized carbons (Fsp3) is 0.562. The third-order valence-corrected chi connectivity index (χ3v) is 5.84. The Morgan fingerprint density at radius 3 is 2.95 bits per heavy atom. The van der Waals surface area contributed by atoms with Crippen molar-refractivity contribution in [3.05, 3.63) is 23.8 Å². The molecule has 3 saturated heterocycles. The molecule has 5 heteroatoms. The predicted molar refractivity (Wildman–Crippen MR) is 81.2 cm³/mol. The zero-order valence-electron chi connectivity index (χ0n) is 12.4. The van der Waals surface area contributed by atoms with Gasteiger partial charge in [-0.3, -0.25) is 4.57 Å². The number of nitrogens with zero attached hydrogens (tertiary/aromatic N) is 3. The van der Waals surface area contributed by atoms with Gasteiger partial charge < -0.3 is 9.13 Å². The number of quaternary nitrogens is 1. The molecule has 21 heavy (non-hydrogen) atoms. The van der Waals surface area contributed by atoms with Crippen LogP contribution in [0.1, 0.15) is 18.4 Å². The molecule has 1 aromatic carbocycles. The Morgan fingerprint density at radius 2 is 2.19 bits per heavy atom. The number of hydrogen-bond acceptors (Lipinski definition) is 2. The van der Waals surface area contributed by atoms with Gasteiger partial charge in [-0.2, -0.15) is 4.98 Å². The van der Waals surface area contributed by atoms with Gasteiger partial charge in [-0.25, -0.2) is 7.98 Å². The normalized spacial score (nSPS) is 37.1. The highest BCUT2D eigenvalue weighted by Crippen LogP contribution is 2.47. The maximum Gasteiger partial charge on any atom is 0.298 e. The number of rotatable bonds is 0. The molecule has 1 unspecified atom stereocenters. The van der Waals surface area contributed by atoms with Gasteiger partial charge in [-0.05, 0) is 31.4 Å². The fourth-order valence-electron chi connectivity index (χ4n) is 4.70. The second-order valence-electron chi connectivity index (χ2n) is 7.19. The van der Waals surface area contributed by atoms with Crippen LogP contribution in [0.5, 0.6) is 6.01 Å². The number of para-hydroxylation sites is 1. The third-order valence-electron chi connectivity index (χ3n) is 5.84. The Labute approximate surface area is 125 Å². The van der Waals surface area contributed by atoms with Crippen LogP contribution in [0.4, 0.5) is 0 Å². The standard InChI is InChI=1S/C16H19BN3O/c1-11-3-2-4-13-14(11)18-15-19(13)9-16(21-15)10-20(17)7-5-12(16)6-8-20/h2-4,12H,5-10H2,1H3. The first-order valence-corrected chi connectivity index (χ1v) is 7.88. The lowest BCUT2D eigenvalue weighted by Gasteiger charge is -2.64. The molecule has 2 bridgehead atoms. The molecular formula is C16H19BN3O. The zero-order valence-corrected chi connectivity index (χ0v) is 12.4. The van der Waals surface area contributed by atoms with Crippen LogP contribution >= 0.6 is 0 Å². The molecule has 3 radical (unpaired) electrons. The van der Waals surface area contributed by atoms with Gasteiger partial charge >= 0.3 is 0 Å². The van der Waals surface area contributed by atoms with Crippen LogP contribution in [-0.2, 0) is 6.54 Å². The minimum absolute atomic E-state index is 0.120. The minimum atomic E-state index is -0.120. The average Bonchev–Trinajstić information content (AvgIpc) is 2.95. The molecule has 0 saturated carbocycles. The van der Waals surface area contributed by atoms with Crippen molar-refractivity contribution >= 4 is 19.0 Å². The summed E-state index contributed by atoms with van der Waals surface area (Å²) >= 11 is 0. The molecule has 4 nitrogen and oxygen atoms in total. The molecule has 107 valence electrons. The van der Waals surface area contributed by atoms with Crippen molar-refractivity contribution in [2.45, 2.75) is 31.9 Å². The highest BCUT2D eigenvalue weighted by molar-refractivity contribution is 5.97. The van der Waals surface area contributed by atoms with E-state index < -0.39 is 0 Å². The first kappa shape index (κ1) is 12.1. The van der Waals surface area contributed by atoms with Crippen molar-refractivity contribution < 1.29 is 9.13 Å². The van der Waals surface area contributed by atoms with Crippen molar-refractivity contribution in [1.29, 1.82) is 0 Å². The van der Waals surface area contributed by atoms with Crippen LogP contribution in [-0.4, -0.2) is 47.2 Å². The van der Waals surface area contributed by atoms with E-state index in [-0.39, 0.29) is 5.60 Å². The number of aromatic nitrogens is 2. The van der Waals surface area contributed by atoms with E-state index in [0.29, 0.717) is 10.3 Å². The maximum absolute atomic E-state index is 6.52. The molecule has 0 N–H and O–H groups in total. The maximum atomic E-state index is 6.52. The molecule has 6 rings (SSSR count). The van der Waals surface area contributed by atoms with Gasteiger partial charge in [0.25, 0.3) is 6.01 Å². The molecule has 1 atom stereocenters. The molecular weight excluding hydrogens is 261 g/mol. The van der Waals surface area contributed by atoms with Crippen molar-refractivity contribution in [2.24, 2.45) is 5.92 Å². The Kier molecular flexibility index (Phi) is 2.10. The Morgan fingerprint density at radius 1 is 1.38 bits per heavy atom. The molecule has 5 heterocycles. The first-order valence-electron chi connectivity index (χ1n) is 7.88. The summed E-state index contributed by atoms with van der Waals surface area (Å²) in [5, 5.41) is 0. The van der Waals surface area contributed by atoms with E-state index >= 15 is 0 Å². The Hall–Kier alpha value is -1.49. The summed E-state index contributed by atoms with van der Waals surface area (Å²) in [6, 6.07) is 7.15. The van der Waals surface area contributed by atoms with Crippen LogP contribution in [0.25, 0.3) is 11.0 Å². The summed E-state index contributed by atoms with van der Waals surface area (Å²) in [6.07, 6.45) is 2.36. The number of ether oxygens (including phenoxy) is 1. The highest BCUT2D eigenvalue weighted by Gasteiger charge is 2.55. The largest absolute Gasteiger partial charge is 0.585 e. The number of imidazole rings is 1. The Bertz CT molecular complexity index is 747. The van der Waals surface area contributed by atoms with Gasteiger partial charge in [0.05, 0.1) is 24.1 Å². The molecule has 2 aromatic rings. The van der Waals surface area contributed by atoms with E-state index in [1.54, 1.807) is 0 Å². The molecule has 0 aliphatic carbocycles. The van der Waals surface area contributed by atoms with E-state index in [0.717, 1.165) is 37.7 Å². The molecule has 4 aliphatic heterocycles. The summed E-state index contributed by atoms with van der Waals surface area (Å²) < 4.78 is 9.37. The smallest absolute Gasteiger partial charge is 0.298 e. The van der Waals surface area contributed by atoms with E-state index in [2.05, 4.69) is 29.7 Å². The summed E-state index contributed by atoms with van der Waals surface area (Å²) in [4.78, 5) is 4.74. The summed E-state index contributed by atoms with van der Waals surface area (Å²) in [6.45, 7) is 6.13. The molecule has 0 amide bonds. The van der Waals surface area contributed by atoms with Gasteiger partial charge in [-0.15, -0.1) is 0 Å². The molecule has 4 aliphatic rings. The zero-order chi connectivity index (χ0) is 14.2. The molecule has 1 spiro atoms. The van der Waals surface area contributed by atoms with Crippen LogP contribution in [0, 0.1) is 12.8 Å². The van der Waals surface area contributed by atoms with Crippen LogP contribution in [0.15, 0.2) is 18.2 Å². The van der Waals surface area contributed by atoms with E-state index in [1.165, 1.54) is 23.9 Å². The van der Waals surface area contributed by atoms with Crippen molar-refractivity contribution in [2.75, 3.05) is 19.6 Å². The van der Waals surface area contributed by atoms with Crippen molar-refractivity contribution in [3.8, 4) is 6.01 Å². The van der Waals surface area contributed by atoms with Gasteiger partial charge in [0.15, 0.2) is 5.60 Å². The van der Waals surface area contributed by atoms with Crippen LogP contribution < -0.4 is 4.74 Å². The van der Waals surface area contributed by atoms with E-state index in [1.807, 2.05) is 0 Å². The average molecular weight is 280 g/mol. The lowest BCUT2D eigenvalue weighted by atomic mass is 9.71. The second-order valence-corrected chi connectivity index (χ2v) is 7.19. The lowest BCUT2D eigenvalue weighted by molar-refractivity contribution is -0.845. The SMILES string of the molecule is [B-][N+]12CCC(CC1)C1(Cn3c(nc4c(C)cccc43)O1)C2. The minimum Gasteiger partial charge on any atom is -0.585 e. The number of aryl methyl sites for hydroxylation is 1. The topological polar surface area (TPSA) is 27.1 Å². The van der Waals surface area contributed by atoms with E-state index in [9.17, 15) is 0 Å². The fourth-order valence-corrected chi connectivity index (χ4v) is 4.70. The van der Waals surface area contributed by atoms with Crippen LogP contribution in [0.3, 0.4) is 0 Å². The summed E-state index contributed by atoms with van der Waals surface area (Å²) in [5.41, 5.74) is 3.36. The first-order chi connectivity index (χ1) is 10.1. The second kappa shape index (κ2) is 3.64. The van der Waals surface area contributed by atoms with Crippen molar-refractivity contribution in [1.82, 2.24) is 9.55 Å². The summed E-state index contributed by atoms with van der Waals surface area (Å²) in [7, 11) is 6.52. The predicted octanol–water partition coefficient (Wildman–Crippen LogP) is 1.80. The van der Waals surface area contributed by atoms with Gasteiger partial charge in [0, 0.05) is 19.0 Å². The lowest BCUT2D eigenvalue weighted by Crippen LogP contribution is -2.69. The number of fused-ring (bicyclic) bond motifs is 5. The molecule has 3 fully saturated rings. The van der Waals surface area contributed by atoms with Crippen LogP contribution in [0.2, 0.25) is 0 Å². The van der Waals surface area contributed by atoms with Gasteiger partial charge in [0.1, 0.15) is 0 Å². The van der Waals surface area contributed by atoms with Gasteiger partial charge in [-0.1, -0.05) is 12.1 Å².